The molecule has 0 aromatic heterocycles. The van der Waals surface area contributed by atoms with Gasteiger partial charge in [-0.3, -0.25) is 9.36 Å². The van der Waals surface area contributed by atoms with Crippen LogP contribution in [0.25, 0.3) is 0 Å². The van der Waals surface area contributed by atoms with Gasteiger partial charge in [-0.05, 0) is 49.7 Å². The number of benzene rings is 1. The number of carbonyl (C=O) groups excluding carboxylic acids is 1. The summed E-state index contributed by atoms with van der Waals surface area (Å²) in [5.74, 6) is -1.60. The minimum atomic E-state index is -3.24. The Labute approximate surface area is 192 Å². The van der Waals surface area contributed by atoms with Crippen LogP contribution in [0.3, 0.4) is 0 Å². The first-order valence-corrected chi connectivity index (χ1v) is 15.5. The summed E-state index contributed by atoms with van der Waals surface area (Å²) >= 11 is 0. The van der Waals surface area contributed by atoms with Crippen molar-refractivity contribution >= 4 is 27.8 Å². The molecule has 1 aromatic rings. The second kappa shape index (κ2) is 12.1. The molecule has 1 rings (SSSR count). The minimum absolute atomic E-state index is 0.0189. The fraction of sp³-hybridized carbons (Fsp3) is 0.636. The number of carbonyl (C=O) groups is 2. The molecule has 0 aliphatic carbocycles. The highest BCUT2D eigenvalue weighted by Crippen LogP contribution is 2.51. The third kappa shape index (κ3) is 8.79. The van der Waals surface area contributed by atoms with Crippen LogP contribution in [-0.2, 0) is 29.0 Å². The lowest BCUT2D eigenvalue weighted by atomic mass is 10.1. The Morgan fingerprint density at radius 2 is 1.62 bits per heavy atom. The molecular formula is C22H38NO7PSi. The molecule has 0 saturated carbocycles. The predicted molar refractivity (Wildman–Crippen MR) is 128 cm³/mol. The van der Waals surface area contributed by atoms with Gasteiger partial charge in [0.1, 0.15) is 6.04 Å². The van der Waals surface area contributed by atoms with Crippen LogP contribution in [0.2, 0.25) is 18.1 Å². The summed E-state index contributed by atoms with van der Waals surface area (Å²) < 4.78 is 29.3. The quantitative estimate of drug-likeness (QED) is 0.296. The van der Waals surface area contributed by atoms with Crippen molar-refractivity contribution in [1.82, 2.24) is 5.32 Å². The molecule has 0 fully saturated rings. The average molecular weight is 488 g/mol. The van der Waals surface area contributed by atoms with Crippen molar-refractivity contribution in [1.29, 1.82) is 0 Å². The highest BCUT2D eigenvalue weighted by atomic mass is 31.2. The summed E-state index contributed by atoms with van der Waals surface area (Å²) in [6, 6.07) is 5.41. The normalized spacial score (nSPS) is 13.6. The summed E-state index contributed by atoms with van der Waals surface area (Å²) in [6.07, 6.45) is 0.274. The van der Waals surface area contributed by atoms with Crippen molar-refractivity contribution < 1.29 is 32.7 Å². The van der Waals surface area contributed by atoms with E-state index in [0.717, 1.165) is 0 Å². The number of carboxylic acid groups (broad SMARTS) is 1. The first-order chi connectivity index (χ1) is 14.7. The Morgan fingerprint density at radius 1 is 1.09 bits per heavy atom. The van der Waals surface area contributed by atoms with Crippen LogP contribution in [0.15, 0.2) is 24.3 Å². The molecule has 10 heteroatoms. The molecule has 0 aliphatic heterocycles. The molecule has 0 aliphatic rings. The Balaban J connectivity index is 2.76. The summed E-state index contributed by atoms with van der Waals surface area (Å²) in [5, 5.41) is 12.1. The second-order valence-electron chi connectivity index (χ2n) is 9.06. The topological polar surface area (TPSA) is 111 Å². The van der Waals surface area contributed by atoms with Gasteiger partial charge in [-0.15, -0.1) is 0 Å². The van der Waals surface area contributed by atoms with E-state index in [1.54, 1.807) is 38.1 Å². The molecule has 0 saturated heterocycles. The molecule has 182 valence electrons. The third-order valence-corrected chi connectivity index (χ3v) is 12.1. The standard InChI is InChI=1S/C22H38NO7PSi/c1-8-28-31(27,29-9-2)16-17-10-12-18(13-11-17)20(24)23-19(21(25)26)14-15-30-32(6,7)22(3,4)5/h10-13,19H,8-9,14-16H2,1-7H3,(H,23,24)(H,25,26)/t19-/m0/s1. The second-order valence-corrected chi connectivity index (χ2v) is 15.9. The van der Waals surface area contributed by atoms with Gasteiger partial charge >= 0.3 is 13.6 Å². The van der Waals surface area contributed by atoms with Crippen LogP contribution in [0.1, 0.15) is 57.0 Å². The van der Waals surface area contributed by atoms with Crippen LogP contribution in [0.4, 0.5) is 0 Å². The van der Waals surface area contributed by atoms with Crippen molar-refractivity contribution in [3.63, 3.8) is 0 Å². The summed E-state index contributed by atoms with van der Waals surface area (Å²) in [5.41, 5.74) is 1.01. The van der Waals surface area contributed by atoms with E-state index in [9.17, 15) is 19.3 Å². The molecule has 0 radical (unpaired) electrons. The largest absolute Gasteiger partial charge is 0.480 e. The maximum atomic E-state index is 12.7. The molecule has 0 unspecified atom stereocenters. The van der Waals surface area contributed by atoms with E-state index >= 15 is 0 Å². The van der Waals surface area contributed by atoms with Crippen LogP contribution in [-0.4, -0.2) is 51.2 Å². The number of nitrogens with one attached hydrogen (secondary N) is 1. The van der Waals surface area contributed by atoms with E-state index in [4.69, 9.17) is 13.5 Å². The van der Waals surface area contributed by atoms with Crippen LogP contribution < -0.4 is 5.32 Å². The molecular weight excluding hydrogens is 449 g/mol. The molecule has 1 aromatic carbocycles. The van der Waals surface area contributed by atoms with Gasteiger partial charge < -0.3 is 23.9 Å². The van der Waals surface area contributed by atoms with Gasteiger partial charge in [0.15, 0.2) is 8.32 Å². The molecule has 8 nitrogen and oxygen atoms in total. The fourth-order valence-corrected chi connectivity index (χ4v) is 5.42. The van der Waals surface area contributed by atoms with Gasteiger partial charge in [0.25, 0.3) is 5.91 Å². The van der Waals surface area contributed by atoms with Crippen molar-refractivity contribution in [2.45, 2.75) is 71.4 Å². The highest BCUT2D eigenvalue weighted by molar-refractivity contribution is 7.53. The van der Waals surface area contributed by atoms with Crippen molar-refractivity contribution in [3.05, 3.63) is 35.4 Å². The Hall–Kier alpha value is -1.51. The maximum absolute atomic E-state index is 12.7. The van der Waals surface area contributed by atoms with Gasteiger partial charge in [-0.25, -0.2) is 4.79 Å². The molecule has 1 atom stereocenters. The number of amides is 1. The summed E-state index contributed by atoms with van der Waals surface area (Å²) in [7, 11) is -5.24. The van der Waals surface area contributed by atoms with Gasteiger partial charge in [0.05, 0.1) is 19.4 Å². The molecule has 32 heavy (non-hydrogen) atoms. The average Bonchev–Trinajstić information content (AvgIpc) is 2.66. The zero-order chi connectivity index (χ0) is 24.6. The van der Waals surface area contributed by atoms with Gasteiger partial charge in [0, 0.05) is 18.6 Å². The third-order valence-electron chi connectivity index (χ3n) is 5.52. The van der Waals surface area contributed by atoms with E-state index in [1.807, 2.05) is 0 Å². The first-order valence-electron chi connectivity index (χ1n) is 10.9. The van der Waals surface area contributed by atoms with Crippen LogP contribution in [0, 0.1) is 0 Å². The monoisotopic (exact) mass is 487 g/mol. The van der Waals surface area contributed by atoms with Gasteiger partial charge in [-0.1, -0.05) is 32.9 Å². The zero-order valence-corrected chi connectivity index (χ0v) is 22.2. The number of rotatable bonds is 13. The summed E-state index contributed by atoms with van der Waals surface area (Å²) in [6.45, 7) is 14.8. The number of carboxylic acids is 1. The van der Waals surface area contributed by atoms with E-state index in [0.29, 0.717) is 11.1 Å². The number of hydrogen-bond acceptors (Lipinski definition) is 6. The van der Waals surface area contributed by atoms with E-state index in [1.165, 1.54) is 0 Å². The molecule has 0 heterocycles. The lowest BCUT2D eigenvalue weighted by Crippen LogP contribution is -2.44. The molecule has 0 spiro atoms. The smallest absolute Gasteiger partial charge is 0.335 e. The predicted octanol–water partition coefficient (Wildman–Crippen LogP) is 5.05. The van der Waals surface area contributed by atoms with E-state index < -0.39 is 33.8 Å². The van der Waals surface area contributed by atoms with Crippen LogP contribution >= 0.6 is 7.60 Å². The van der Waals surface area contributed by atoms with Gasteiger partial charge in [0.2, 0.25) is 0 Å². The summed E-state index contributed by atoms with van der Waals surface area (Å²) in [4.78, 5) is 24.2. The Bertz CT molecular complexity index is 795. The number of hydrogen-bond donors (Lipinski definition) is 2. The lowest BCUT2D eigenvalue weighted by Gasteiger charge is -2.36. The van der Waals surface area contributed by atoms with Gasteiger partial charge in [-0.2, -0.15) is 0 Å². The maximum Gasteiger partial charge on any atom is 0.335 e. The van der Waals surface area contributed by atoms with Crippen LogP contribution in [0.5, 0.6) is 0 Å². The lowest BCUT2D eigenvalue weighted by molar-refractivity contribution is -0.139. The number of aliphatic carboxylic acids is 1. The molecule has 1 amide bonds. The van der Waals surface area contributed by atoms with Crippen molar-refractivity contribution in [2.24, 2.45) is 0 Å². The van der Waals surface area contributed by atoms with Crippen molar-refractivity contribution in [3.8, 4) is 0 Å². The fourth-order valence-electron chi connectivity index (χ4n) is 2.65. The molecule has 2 N–H and O–H groups in total. The highest BCUT2D eigenvalue weighted by Gasteiger charge is 2.37. The Morgan fingerprint density at radius 3 is 2.06 bits per heavy atom. The minimum Gasteiger partial charge on any atom is -0.480 e. The first kappa shape index (κ1) is 28.5. The van der Waals surface area contributed by atoms with E-state index in [-0.39, 0.29) is 37.4 Å². The van der Waals surface area contributed by atoms with Crippen molar-refractivity contribution in [2.75, 3.05) is 19.8 Å². The molecule has 0 bridgehead atoms. The van der Waals surface area contributed by atoms with E-state index in [2.05, 4.69) is 39.2 Å². The Kier molecular flexibility index (Phi) is 10.8. The zero-order valence-electron chi connectivity index (χ0n) is 20.3. The SMILES string of the molecule is CCOP(=O)(Cc1ccc(C(=O)N[C@@H](CCO[Si](C)(C)C(C)(C)C)C(=O)O)cc1)OCC.